The van der Waals surface area contributed by atoms with Gasteiger partial charge in [-0.3, -0.25) is 0 Å². The molecule has 18 heavy (non-hydrogen) atoms. The van der Waals surface area contributed by atoms with Crippen molar-refractivity contribution in [1.29, 1.82) is 0 Å². The molecular formula is C12H15N5S. The monoisotopic (exact) mass is 261 g/mol. The SMILES string of the molecule is CCc1c(C)nn(-c2cnc(C(N)=S)cn2)c1C. The summed E-state index contributed by atoms with van der Waals surface area (Å²) in [5, 5.41) is 4.48. The average molecular weight is 261 g/mol. The maximum atomic E-state index is 5.49. The molecule has 0 spiro atoms. The van der Waals surface area contributed by atoms with Crippen LogP contribution in [-0.2, 0) is 6.42 Å². The van der Waals surface area contributed by atoms with E-state index in [9.17, 15) is 0 Å². The van der Waals surface area contributed by atoms with Crippen LogP contribution < -0.4 is 5.73 Å². The van der Waals surface area contributed by atoms with E-state index in [0.29, 0.717) is 11.5 Å². The van der Waals surface area contributed by atoms with Gasteiger partial charge in [0.1, 0.15) is 10.7 Å². The van der Waals surface area contributed by atoms with Crippen LogP contribution in [0.3, 0.4) is 0 Å². The third-order valence-corrected chi connectivity index (χ3v) is 3.11. The lowest BCUT2D eigenvalue weighted by atomic mass is 10.1. The third kappa shape index (κ3) is 2.11. The lowest BCUT2D eigenvalue weighted by Gasteiger charge is -2.04. The zero-order valence-electron chi connectivity index (χ0n) is 10.6. The summed E-state index contributed by atoms with van der Waals surface area (Å²) in [4.78, 5) is 8.71. The van der Waals surface area contributed by atoms with Gasteiger partial charge in [-0.25, -0.2) is 14.6 Å². The number of aromatic nitrogens is 4. The average Bonchev–Trinajstić information content (AvgIpc) is 2.64. The van der Waals surface area contributed by atoms with Gasteiger partial charge in [0.15, 0.2) is 5.82 Å². The topological polar surface area (TPSA) is 69.6 Å². The highest BCUT2D eigenvalue weighted by molar-refractivity contribution is 7.80. The molecule has 2 aromatic rings. The first kappa shape index (κ1) is 12.6. The van der Waals surface area contributed by atoms with E-state index in [-0.39, 0.29) is 4.99 Å². The number of aryl methyl sites for hydroxylation is 1. The highest BCUT2D eigenvalue weighted by atomic mass is 32.1. The summed E-state index contributed by atoms with van der Waals surface area (Å²) in [6.07, 6.45) is 4.16. The summed E-state index contributed by atoms with van der Waals surface area (Å²) in [7, 11) is 0. The molecule has 0 aliphatic carbocycles. The summed E-state index contributed by atoms with van der Waals surface area (Å²) >= 11 is 4.84. The van der Waals surface area contributed by atoms with Gasteiger partial charge in [-0.1, -0.05) is 19.1 Å². The Labute approximate surface area is 111 Å². The zero-order valence-corrected chi connectivity index (χ0v) is 11.5. The van der Waals surface area contributed by atoms with Gasteiger partial charge >= 0.3 is 0 Å². The molecule has 0 saturated heterocycles. The standard InChI is InChI=1S/C12H15N5S/c1-4-9-7(2)16-17(8(9)3)11-6-14-10(5-15-11)12(13)18/h5-6H,4H2,1-3H3,(H2,13,18). The molecule has 0 unspecified atom stereocenters. The Hall–Kier alpha value is -1.82. The molecule has 2 rings (SSSR count). The van der Waals surface area contributed by atoms with E-state index in [4.69, 9.17) is 18.0 Å². The van der Waals surface area contributed by atoms with Gasteiger partial charge in [-0.05, 0) is 25.8 Å². The molecule has 0 atom stereocenters. The van der Waals surface area contributed by atoms with Gasteiger partial charge in [-0.2, -0.15) is 5.10 Å². The van der Waals surface area contributed by atoms with Gasteiger partial charge in [0.2, 0.25) is 0 Å². The van der Waals surface area contributed by atoms with Crippen LogP contribution in [0.5, 0.6) is 0 Å². The minimum absolute atomic E-state index is 0.247. The van der Waals surface area contributed by atoms with Crippen molar-refractivity contribution in [3.63, 3.8) is 0 Å². The summed E-state index contributed by atoms with van der Waals surface area (Å²) < 4.78 is 1.80. The van der Waals surface area contributed by atoms with Crippen LogP contribution >= 0.6 is 12.2 Å². The molecule has 0 amide bonds. The molecule has 94 valence electrons. The molecule has 2 N–H and O–H groups in total. The predicted octanol–water partition coefficient (Wildman–Crippen LogP) is 1.48. The van der Waals surface area contributed by atoms with E-state index in [2.05, 4.69) is 22.0 Å². The summed E-state index contributed by atoms with van der Waals surface area (Å²) in [6, 6.07) is 0. The van der Waals surface area contributed by atoms with E-state index in [1.807, 2.05) is 13.8 Å². The van der Waals surface area contributed by atoms with Crippen LogP contribution in [0.2, 0.25) is 0 Å². The van der Waals surface area contributed by atoms with Crippen molar-refractivity contribution in [2.45, 2.75) is 27.2 Å². The second-order valence-electron chi connectivity index (χ2n) is 4.04. The Bertz CT molecular complexity index is 585. The highest BCUT2D eigenvalue weighted by Gasteiger charge is 2.12. The van der Waals surface area contributed by atoms with E-state index in [1.165, 1.54) is 5.56 Å². The zero-order chi connectivity index (χ0) is 13.3. The van der Waals surface area contributed by atoms with Crippen LogP contribution in [0, 0.1) is 13.8 Å². The van der Waals surface area contributed by atoms with E-state index >= 15 is 0 Å². The molecule has 6 heteroatoms. The summed E-state index contributed by atoms with van der Waals surface area (Å²) in [6.45, 7) is 6.14. The Morgan fingerprint density at radius 2 is 2.06 bits per heavy atom. The first-order chi connectivity index (χ1) is 8.54. The quantitative estimate of drug-likeness (QED) is 0.847. The second-order valence-corrected chi connectivity index (χ2v) is 4.48. The van der Waals surface area contributed by atoms with Crippen LogP contribution in [0.15, 0.2) is 12.4 Å². The number of hydrogen-bond donors (Lipinski definition) is 1. The van der Waals surface area contributed by atoms with Crippen LogP contribution in [0.25, 0.3) is 5.82 Å². The van der Waals surface area contributed by atoms with E-state index in [1.54, 1.807) is 17.1 Å². The first-order valence-electron chi connectivity index (χ1n) is 5.72. The molecule has 0 bridgehead atoms. The van der Waals surface area contributed by atoms with Gasteiger partial charge in [0.25, 0.3) is 0 Å². The number of nitrogens with two attached hydrogens (primary N) is 1. The molecule has 0 radical (unpaired) electrons. The number of nitrogens with zero attached hydrogens (tertiary/aromatic N) is 4. The van der Waals surface area contributed by atoms with Crippen molar-refractivity contribution in [3.8, 4) is 5.82 Å². The number of thiocarbonyl (C=S) groups is 1. The predicted molar refractivity (Wildman–Crippen MR) is 73.9 cm³/mol. The summed E-state index contributed by atoms with van der Waals surface area (Å²) in [5.41, 5.74) is 9.37. The fourth-order valence-electron chi connectivity index (χ4n) is 1.97. The molecule has 2 heterocycles. The maximum absolute atomic E-state index is 5.49. The first-order valence-corrected chi connectivity index (χ1v) is 6.12. The Morgan fingerprint density at radius 3 is 2.50 bits per heavy atom. The molecule has 0 aliphatic heterocycles. The molecule has 5 nitrogen and oxygen atoms in total. The molecule has 0 fully saturated rings. The maximum Gasteiger partial charge on any atom is 0.172 e. The number of rotatable bonds is 3. The third-order valence-electron chi connectivity index (χ3n) is 2.90. The molecule has 2 aromatic heterocycles. The van der Waals surface area contributed by atoms with Crippen molar-refractivity contribution in [3.05, 3.63) is 35.0 Å². The van der Waals surface area contributed by atoms with Crippen LogP contribution in [0.1, 0.15) is 29.6 Å². The molecular weight excluding hydrogens is 246 g/mol. The van der Waals surface area contributed by atoms with Crippen LogP contribution in [-0.4, -0.2) is 24.7 Å². The van der Waals surface area contributed by atoms with Crippen molar-refractivity contribution in [1.82, 2.24) is 19.7 Å². The summed E-state index contributed by atoms with van der Waals surface area (Å²) in [5.74, 6) is 0.676. The van der Waals surface area contributed by atoms with Crippen LogP contribution in [0.4, 0.5) is 0 Å². The lowest BCUT2D eigenvalue weighted by molar-refractivity contribution is 0.797. The highest BCUT2D eigenvalue weighted by Crippen LogP contribution is 2.16. The van der Waals surface area contributed by atoms with Gasteiger partial charge < -0.3 is 5.73 Å². The van der Waals surface area contributed by atoms with Gasteiger partial charge in [0.05, 0.1) is 18.1 Å². The molecule has 0 aliphatic rings. The van der Waals surface area contributed by atoms with E-state index < -0.39 is 0 Å². The van der Waals surface area contributed by atoms with Crippen molar-refractivity contribution >= 4 is 17.2 Å². The smallest absolute Gasteiger partial charge is 0.172 e. The second kappa shape index (κ2) is 4.81. The minimum atomic E-state index is 0.247. The van der Waals surface area contributed by atoms with Crippen molar-refractivity contribution in [2.24, 2.45) is 5.73 Å². The van der Waals surface area contributed by atoms with Crippen molar-refractivity contribution < 1.29 is 0 Å². The minimum Gasteiger partial charge on any atom is -0.388 e. The van der Waals surface area contributed by atoms with Crippen molar-refractivity contribution in [2.75, 3.05) is 0 Å². The molecule has 0 saturated carbocycles. The van der Waals surface area contributed by atoms with Gasteiger partial charge in [0, 0.05) is 5.69 Å². The normalized spacial score (nSPS) is 10.6. The largest absolute Gasteiger partial charge is 0.388 e. The van der Waals surface area contributed by atoms with Gasteiger partial charge in [-0.15, -0.1) is 0 Å². The van der Waals surface area contributed by atoms with E-state index in [0.717, 1.165) is 17.8 Å². The fourth-order valence-corrected chi connectivity index (χ4v) is 2.07. The lowest BCUT2D eigenvalue weighted by Crippen LogP contribution is -2.13. The Balaban J connectivity index is 2.46. The fraction of sp³-hybridized carbons (Fsp3) is 0.333. The Morgan fingerprint density at radius 1 is 1.33 bits per heavy atom. The number of hydrogen-bond acceptors (Lipinski definition) is 4. The Kier molecular flexibility index (Phi) is 3.38. The molecule has 0 aromatic carbocycles.